The number of hydrazone groups is 1. The minimum Gasteiger partial charge on any atom is -0.344 e. The van der Waals surface area contributed by atoms with E-state index in [1.807, 2.05) is 0 Å². The number of rotatable bonds is 1. The van der Waals surface area contributed by atoms with Gasteiger partial charge < -0.3 is 4.90 Å². The quantitative estimate of drug-likeness (QED) is 0.525. The Morgan fingerprint density at radius 3 is 2.64 bits per heavy atom. The van der Waals surface area contributed by atoms with E-state index in [2.05, 4.69) is 10.5 Å². The van der Waals surface area contributed by atoms with E-state index in [4.69, 9.17) is 0 Å². The average molecular weight is 155 g/mol. The van der Waals surface area contributed by atoms with Crippen LogP contribution in [0.25, 0.3) is 0 Å². The highest BCUT2D eigenvalue weighted by Crippen LogP contribution is 1.97. The van der Waals surface area contributed by atoms with Gasteiger partial charge in [-0.25, -0.2) is 5.43 Å². The monoisotopic (exact) mass is 155 g/mol. The molecule has 0 atom stereocenters. The Balaban J connectivity index is 2.63. The smallest absolute Gasteiger partial charge is 0.270 e. The lowest BCUT2D eigenvalue weighted by atomic mass is 10.2. The molecule has 0 fully saturated rings. The van der Waals surface area contributed by atoms with Gasteiger partial charge in [0.2, 0.25) is 5.91 Å². The lowest BCUT2D eigenvalue weighted by Crippen LogP contribution is -2.29. The molecule has 1 aliphatic rings. The molecule has 11 heavy (non-hydrogen) atoms. The normalized spacial score (nSPS) is 15.8. The van der Waals surface area contributed by atoms with Gasteiger partial charge in [-0.2, -0.15) is 5.10 Å². The molecule has 0 radical (unpaired) electrons. The molecule has 0 spiro atoms. The van der Waals surface area contributed by atoms with E-state index in [-0.39, 0.29) is 23.9 Å². The first-order chi connectivity index (χ1) is 5.11. The van der Waals surface area contributed by atoms with Crippen molar-refractivity contribution < 1.29 is 9.59 Å². The fourth-order valence-electron chi connectivity index (χ4n) is 0.743. The predicted octanol–water partition coefficient (Wildman–Crippen LogP) is -1.05. The van der Waals surface area contributed by atoms with Crippen LogP contribution in [0.1, 0.15) is 6.42 Å². The van der Waals surface area contributed by atoms with Gasteiger partial charge in [-0.15, -0.1) is 0 Å². The summed E-state index contributed by atoms with van der Waals surface area (Å²) in [5.41, 5.74) is 2.48. The van der Waals surface area contributed by atoms with E-state index in [1.165, 1.54) is 4.90 Å². The summed E-state index contributed by atoms with van der Waals surface area (Å²) in [5.74, 6) is -0.446. The third kappa shape index (κ3) is 1.54. The maximum Gasteiger partial charge on any atom is 0.270 e. The van der Waals surface area contributed by atoms with E-state index in [0.717, 1.165) is 0 Å². The van der Waals surface area contributed by atoms with Crippen molar-refractivity contribution in [1.82, 2.24) is 10.3 Å². The van der Waals surface area contributed by atoms with Crippen LogP contribution in [-0.4, -0.2) is 36.5 Å². The van der Waals surface area contributed by atoms with Crippen molar-refractivity contribution in [2.75, 3.05) is 14.1 Å². The zero-order valence-corrected chi connectivity index (χ0v) is 6.42. The molecular formula is C6H9N3O2. The summed E-state index contributed by atoms with van der Waals surface area (Å²) in [6.45, 7) is 0. The largest absolute Gasteiger partial charge is 0.344 e. The lowest BCUT2D eigenvalue weighted by molar-refractivity contribution is -0.123. The van der Waals surface area contributed by atoms with Crippen LogP contribution in [0.4, 0.5) is 0 Å². The van der Waals surface area contributed by atoms with Crippen molar-refractivity contribution in [3.8, 4) is 0 Å². The number of nitrogens with one attached hydrogen (secondary N) is 1. The summed E-state index contributed by atoms with van der Waals surface area (Å²) in [6.07, 6.45) is 0.0943. The second kappa shape index (κ2) is 2.69. The van der Waals surface area contributed by atoms with Crippen LogP contribution in [0.5, 0.6) is 0 Å². The van der Waals surface area contributed by atoms with Crippen LogP contribution in [0, 0.1) is 0 Å². The molecule has 60 valence electrons. The first-order valence-corrected chi connectivity index (χ1v) is 3.18. The molecule has 0 aliphatic carbocycles. The van der Waals surface area contributed by atoms with E-state index >= 15 is 0 Å². The van der Waals surface area contributed by atoms with Crippen molar-refractivity contribution in [3.63, 3.8) is 0 Å². The molecule has 0 aromatic rings. The molecule has 0 unspecified atom stereocenters. The van der Waals surface area contributed by atoms with Crippen molar-refractivity contribution in [1.29, 1.82) is 0 Å². The van der Waals surface area contributed by atoms with Crippen LogP contribution >= 0.6 is 0 Å². The average Bonchev–Trinajstić information content (AvgIpc) is 2.34. The first kappa shape index (κ1) is 7.71. The maximum absolute atomic E-state index is 11.1. The molecule has 2 amide bonds. The van der Waals surface area contributed by atoms with E-state index in [9.17, 15) is 9.59 Å². The molecule has 1 N–H and O–H groups in total. The molecule has 5 nitrogen and oxygen atoms in total. The molecule has 1 heterocycles. The molecule has 0 saturated carbocycles. The van der Waals surface area contributed by atoms with Gasteiger partial charge in [-0.3, -0.25) is 9.59 Å². The zero-order chi connectivity index (χ0) is 8.43. The van der Waals surface area contributed by atoms with E-state index in [0.29, 0.717) is 0 Å². The fourth-order valence-corrected chi connectivity index (χ4v) is 0.743. The second-order valence-electron chi connectivity index (χ2n) is 2.47. The Morgan fingerprint density at radius 1 is 1.64 bits per heavy atom. The van der Waals surface area contributed by atoms with Crippen LogP contribution in [-0.2, 0) is 9.59 Å². The van der Waals surface area contributed by atoms with Crippen molar-refractivity contribution in [2.45, 2.75) is 6.42 Å². The first-order valence-electron chi connectivity index (χ1n) is 3.18. The molecule has 1 aliphatic heterocycles. The number of nitrogens with zero attached hydrogens (tertiary/aromatic N) is 2. The van der Waals surface area contributed by atoms with Crippen LogP contribution in [0.3, 0.4) is 0 Å². The molecule has 0 aromatic carbocycles. The summed E-state index contributed by atoms with van der Waals surface area (Å²) >= 11 is 0. The topological polar surface area (TPSA) is 61.8 Å². The Hall–Kier alpha value is -1.39. The minimum atomic E-state index is -0.227. The highest BCUT2D eigenvalue weighted by atomic mass is 16.2. The van der Waals surface area contributed by atoms with Crippen molar-refractivity contribution in [3.05, 3.63) is 0 Å². The number of hydrogen-bond donors (Lipinski definition) is 1. The Labute approximate surface area is 64.1 Å². The molecule has 0 saturated heterocycles. The van der Waals surface area contributed by atoms with Crippen molar-refractivity contribution >= 4 is 17.5 Å². The summed E-state index contributed by atoms with van der Waals surface area (Å²) < 4.78 is 0. The summed E-state index contributed by atoms with van der Waals surface area (Å²) in [7, 11) is 3.24. The number of amides is 2. The maximum atomic E-state index is 11.1. The molecule has 1 rings (SSSR count). The third-order valence-electron chi connectivity index (χ3n) is 1.30. The second-order valence-corrected chi connectivity index (χ2v) is 2.47. The molecular weight excluding hydrogens is 146 g/mol. The van der Waals surface area contributed by atoms with Gasteiger partial charge >= 0.3 is 0 Å². The number of hydrogen-bond acceptors (Lipinski definition) is 3. The van der Waals surface area contributed by atoms with Gasteiger partial charge in [-0.1, -0.05) is 0 Å². The third-order valence-corrected chi connectivity index (χ3v) is 1.30. The predicted molar refractivity (Wildman–Crippen MR) is 38.9 cm³/mol. The summed E-state index contributed by atoms with van der Waals surface area (Å²) in [5, 5.41) is 3.56. The van der Waals surface area contributed by atoms with E-state index in [1.54, 1.807) is 14.1 Å². The van der Waals surface area contributed by atoms with Crippen LogP contribution in [0.2, 0.25) is 0 Å². The van der Waals surface area contributed by atoms with Gasteiger partial charge in [0.1, 0.15) is 5.71 Å². The zero-order valence-electron chi connectivity index (χ0n) is 6.42. The molecule has 5 heteroatoms. The fraction of sp³-hybridized carbons (Fsp3) is 0.500. The lowest BCUT2D eigenvalue weighted by Gasteiger charge is -2.07. The summed E-state index contributed by atoms with van der Waals surface area (Å²) in [4.78, 5) is 23.1. The highest BCUT2D eigenvalue weighted by Gasteiger charge is 2.22. The Kier molecular flexibility index (Phi) is 1.89. The Morgan fingerprint density at radius 2 is 2.27 bits per heavy atom. The van der Waals surface area contributed by atoms with Gasteiger partial charge in [0.05, 0.1) is 6.42 Å². The van der Waals surface area contributed by atoms with Gasteiger partial charge in [0.25, 0.3) is 5.91 Å². The van der Waals surface area contributed by atoms with E-state index < -0.39 is 0 Å². The highest BCUT2D eigenvalue weighted by molar-refractivity contribution is 6.42. The Bertz CT molecular complexity index is 232. The van der Waals surface area contributed by atoms with Crippen LogP contribution < -0.4 is 5.43 Å². The van der Waals surface area contributed by atoms with Gasteiger partial charge in [-0.05, 0) is 0 Å². The standard InChI is InChI=1S/C6H9N3O2/c1-9(2)6(11)4-3-5(10)8-7-4/h3H2,1-2H3,(H,8,10). The minimum absolute atomic E-state index is 0.0943. The molecule has 0 aromatic heterocycles. The number of carbonyl (C=O) groups excluding carboxylic acids is 2. The summed E-state index contributed by atoms with van der Waals surface area (Å²) in [6, 6.07) is 0. The SMILES string of the molecule is CN(C)C(=O)C1=NNC(=O)C1. The van der Waals surface area contributed by atoms with Crippen molar-refractivity contribution in [2.24, 2.45) is 5.10 Å². The van der Waals surface area contributed by atoms with Gasteiger partial charge in [0.15, 0.2) is 0 Å². The van der Waals surface area contributed by atoms with Gasteiger partial charge in [0, 0.05) is 14.1 Å². The van der Waals surface area contributed by atoms with Crippen LogP contribution in [0.15, 0.2) is 5.10 Å². The molecule has 0 bridgehead atoms. The number of carbonyl (C=O) groups is 2.